The number of rotatable bonds is 3. The zero-order chi connectivity index (χ0) is 15.1. The lowest BCUT2D eigenvalue weighted by molar-refractivity contribution is 0.117. The molecule has 22 heavy (non-hydrogen) atoms. The maximum absolute atomic E-state index is 11.9. The maximum atomic E-state index is 11.9. The van der Waals surface area contributed by atoms with Gasteiger partial charge in [0.25, 0.3) is 0 Å². The number of piperazine rings is 1. The van der Waals surface area contributed by atoms with Crippen LogP contribution in [0.5, 0.6) is 0 Å². The van der Waals surface area contributed by atoms with Crippen molar-refractivity contribution < 1.29 is 13.9 Å². The second-order valence-electron chi connectivity index (χ2n) is 5.71. The fraction of sp³-hybridized carbons (Fsp3) is 0.467. The first-order valence-electron chi connectivity index (χ1n) is 7.46. The Balaban J connectivity index is 1.45. The molecule has 0 saturated carbocycles. The maximum Gasteiger partial charge on any atom is 0.419 e. The Kier molecular flexibility index (Phi) is 3.15. The van der Waals surface area contributed by atoms with Gasteiger partial charge >= 0.3 is 11.8 Å². The van der Waals surface area contributed by atoms with Gasteiger partial charge in [0.2, 0.25) is 0 Å². The Morgan fingerprint density at radius 1 is 1.14 bits per heavy atom. The molecule has 1 atom stereocenters. The van der Waals surface area contributed by atoms with Crippen molar-refractivity contribution in [3.8, 4) is 0 Å². The topological polar surface area (TPSA) is 67.9 Å². The van der Waals surface area contributed by atoms with E-state index in [9.17, 15) is 9.59 Å². The molecule has 1 aromatic heterocycles. The third-order valence-electron chi connectivity index (χ3n) is 4.41. The minimum atomic E-state index is -0.320. The minimum Gasteiger partial charge on any atom is -0.447 e. The molecule has 0 bridgehead atoms. The molecule has 2 saturated heterocycles. The minimum absolute atomic E-state index is 0.138. The van der Waals surface area contributed by atoms with E-state index in [1.165, 1.54) is 0 Å². The highest BCUT2D eigenvalue weighted by molar-refractivity contribution is 5.72. The number of benzene rings is 1. The molecule has 0 radical (unpaired) electrons. The first-order valence-corrected chi connectivity index (χ1v) is 7.46. The number of carbonyl (C=O) groups excluding carboxylic acids is 1. The van der Waals surface area contributed by atoms with Gasteiger partial charge in [-0.1, -0.05) is 12.1 Å². The average molecular weight is 303 g/mol. The van der Waals surface area contributed by atoms with E-state index in [1.54, 1.807) is 15.5 Å². The van der Waals surface area contributed by atoms with Crippen LogP contribution in [0.1, 0.15) is 0 Å². The van der Waals surface area contributed by atoms with Gasteiger partial charge in [0.05, 0.1) is 11.6 Å². The number of cyclic esters (lactones) is 1. The summed E-state index contributed by atoms with van der Waals surface area (Å²) in [6.07, 6.45) is -0.207. The molecular formula is C15H17N3O4. The summed E-state index contributed by atoms with van der Waals surface area (Å²) in [7, 11) is 0. The zero-order valence-corrected chi connectivity index (χ0v) is 12.1. The molecule has 1 aromatic carbocycles. The van der Waals surface area contributed by atoms with Crippen LogP contribution in [0.4, 0.5) is 4.79 Å². The normalized spacial score (nSPS) is 22.1. The van der Waals surface area contributed by atoms with Crippen LogP contribution in [0.15, 0.2) is 33.5 Å². The number of hydrogen-bond acceptors (Lipinski definition) is 5. The Bertz CT molecular complexity index is 765. The second-order valence-corrected chi connectivity index (χ2v) is 5.71. The largest absolute Gasteiger partial charge is 0.447 e. The third-order valence-corrected chi connectivity index (χ3v) is 4.41. The monoisotopic (exact) mass is 303 g/mol. The van der Waals surface area contributed by atoms with Gasteiger partial charge in [-0.3, -0.25) is 14.4 Å². The lowest BCUT2D eigenvalue weighted by atomic mass is 10.2. The zero-order valence-electron chi connectivity index (χ0n) is 12.1. The molecule has 116 valence electrons. The predicted octanol–water partition coefficient (Wildman–Crippen LogP) is 0.731. The van der Waals surface area contributed by atoms with Crippen molar-refractivity contribution in [1.29, 1.82) is 0 Å². The molecule has 2 aliphatic rings. The molecule has 7 heteroatoms. The summed E-state index contributed by atoms with van der Waals surface area (Å²) < 4.78 is 12.0. The molecule has 7 nitrogen and oxygen atoms in total. The van der Waals surface area contributed by atoms with E-state index in [-0.39, 0.29) is 17.9 Å². The van der Waals surface area contributed by atoms with E-state index in [2.05, 4.69) is 4.90 Å². The van der Waals surface area contributed by atoms with E-state index in [4.69, 9.17) is 9.15 Å². The number of hydrogen-bond donors (Lipinski definition) is 0. The van der Waals surface area contributed by atoms with Crippen molar-refractivity contribution in [1.82, 2.24) is 14.4 Å². The molecule has 0 spiro atoms. The molecule has 0 N–H and O–H groups in total. The van der Waals surface area contributed by atoms with Gasteiger partial charge in [0, 0.05) is 32.7 Å². The van der Waals surface area contributed by atoms with Gasteiger partial charge in [-0.15, -0.1) is 0 Å². The Morgan fingerprint density at radius 2 is 2.00 bits per heavy atom. The van der Waals surface area contributed by atoms with Crippen molar-refractivity contribution in [2.24, 2.45) is 0 Å². The Labute approximate surface area is 126 Å². The number of ether oxygens (including phenoxy) is 1. The summed E-state index contributed by atoms with van der Waals surface area (Å²) in [6.45, 7) is 4.07. The molecular weight excluding hydrogens is 286 g/mol. The van der Waals surface area contributed by atoms with Crippen LogP contribution >= 0.6 is 0 Å². The van der Waals surface area contributed by atoms with E-state index in [1.807, 2.05) is 18.2 Å². The number of fused-ring (bicyclic) bond motifs is 2. The first kappa shape index (κ1) is 13.4. The molecule has 0 unspecified atom stereocenters. The number of nitrogens with zero attached hydrogens (tertiary/aromatic N) is 3. The molecule has 3 heterocycles. The Hall–Kier alpha value is -2.28. The molecule has 4 rings (SSSR count). The van der Waals surface area contributed by atoms with Crippen LogP contribution in [-0.2, 0) is 11.3 Å². The lowest BCUT2D eigenvalue weighted by Gasteiger charge is -2.35. The van der Waals surface area contributed by atoms with Gasteiger partial charge in [0.1, 0.15) is 6.61 Å². The van der Waals surface area contributed by atoms with Gasteiger partial charge in [0.15, 0.2) is 5.58 Å². The van der Waals surface area contributed by atoms with Crippen LogP contribution in [0.25, 0.3) is 11.1 Å². The van der Waals surface area contributed by atoms with Crippen molar-refractivity contribution in [3.05, 3.63) is 34.8 Å². The van der Waals surface area contributed by atoms with Gasteiger partial charge in [-0.25, -0.2) is 9.59 Å². The first-order chi connectivity index (χ1) is 10.7. The van der Waals surface area contributed by atoms with Crippen molar-refractivity contribution >= 4 is 17.2 Å². The number of amides is 1. The number of oxazole rings is 1. The van der Waals surface area contributed by atoms with Crippen LogP contribution < -0.4 is 5.76 Å². The predicted molar refractivity (Wildman–Crippen MR) is 78.8 cm³/mol. The summed E-state index contributed by atoms with van der Waals surface area (Å²) in [5.41, 5.74) is 1.44. The van der Waals surface area contributed by atoms with Crippen LogP contribution in [0.2, 0.25) is 0 Å². The quantitative estimate of drug-likeness (QED) is 0.836. The highest BCUT2D eigenvalue weighted by Crippen LogP contribution is 2.18. The van der Waals surface area contributed by atoms with E-state index < -0.39 is 0 Å². The second kappa shape index (κ2) is 5.17. The number of para-hydroxylation sites is 2. The number of aromatic nitrogens is 1. The van der Waals surface area contributed by atoms with E-state index in [0.29, 0.717) is 25.3 Å². The smallest absolute Gasteiger partial charge is 0.419 e. The average Bonchev–Trinajstić information content (AvgIpc) is 3.05. The highest BCUT2D eigenvalue weighted by atomic mass is 16.6. The molecule has 2 aliphatic heterocycles. The summed E-state index contributed by atoms with van der Waals surface area (Å²) >= 11 is 0. The van der Waals surface area contributed by atoms with E-state index >= 15 is 0 Å². The van der Waals surface area contributed by atoms with Crippen LogP contribution in [0, 0.1) is 0 Å². The van der Waals surface area contributed by atoms with Gasteiger partial charge in [-0.2, -0.15) is 0 Å². The van der Waals surface area contributed by atoms with Crippen molar-refractivity contribution in [2.45, 2.75) is 12.6 Å². The standard InChI is InChI=1S/C15H17N3O4/c19-14-17-7-5-16(9-11(17)10-21-14)6-8-18-12-3-1-2-4-13(12)22-15(18)20/h1-4,11H,5-10H2/t11-/m0/s1. The summed E-state index contributed by atoms with van der Waals surface area (Å²) in [4.78, 5) is 27.5. The fourth-order valence-corrected chi connectivity index (χ4v) is 3.22. The van der Waals surface area contributed by atoms with Crippen LogP contribution in [0.3, 0.4) is 0 Å². The highest BCUT2D eigenvalue weighted by Gasteiger charge is 2.37. The lowest BCUT2D eigenvalue weighted by Crippen LogP contribution is -2.52. The third kappa shape index (κ3) is 2.18. The fourth-order valence-electron chi connectivity index (χ4n) is 3.22. The molecule has 1 amide bonds. The molecule has 2 fully saturated rings. The van der Waals surface area contributed by atoms with Crippen molar-refractivity contribution in [2.75, 3.05) is 32.8 Å². The van der Waals surface area contributed by atoms with Crippen LogP contribution in [-0.4, -0.2) is 59.3 Å². The van der Waals surface area contributed by atoms with Crippen molar-refractivity contribution in [3.63, 3.8) is 0 Å². The van der Waals surface area contributed by atoms with Gasteiger partial charge < -0.3 is 9.15 Å². The summed E-state index contributed by atoms with van der Waals surface area (Å²) in [5, 5.41) is 0. The Morgan fingerprint density at radius 3 is 2.91 bits per heavy atom. The molecule has 0 aliphatic carbocycles. The van der Waals surface area contributed by atoms with E-state index in [0.717, 1.165) is 25.2 Å². The van der Waals surface area contributed by atoms with Gasteiger partial charge in [-0.05, 0) is 12.1 Å². The number of carbonyl (C=O) groups is 1. The molecule has 2 aromatic rings. The summed E-state index contributed by atoms with van der Waals surface area (Å²) in [6, 6.07) is 7.58. The summed E-state index contributed by atoms with van der Waals surface area (Å²) in [5.74, 6) is -0.320. The SMILES string of the molecule is O=C1OC[C@@H]2CN(CCn3c(=O)oc4ccccc43)CCN12.